The van der Waals surface area contributed by atoms with Gasteiger partial charge in [0.1, 0.15) is 11.1 Å². The lowest BCUT2D eigenvalue weighted by molar-refractivity contribution is -2.00. The summed E-state index contributed by atoms with van der Waals surface area (Å²) in [6.07, 6.45) is 0. The van der Waals surface area contributed by atoms with Crippen molar-refractivity contribution >= 4 is 22.7 Å². The summed E-state index contributed by atoms with van der Waals surface area (Å²) < 4.78 is 41.2. The lowest BCUT2D eigenvalue weighted by Crippen LogP contribution is -2.68. The van der Waals surface area contributed by atoms with E-state index in [9.17, 15) is 0 Å². The van der Waals surface area contributed by atoms with Crippen molar-refractivity contribution in [3.63, 3.8) is 0 Å². The minimum absolute atomic E-state index is 0.906. The molecule has 0 aliphatic rings. The second kappa shape index (κ2) is 6.95. The van der Waals surface area contributed by atoms with Crippen molar-refractivity contribution < 1.29 is 33.6 Å². The third-order valence-electron chi connectivity index (χ3n) is 1.78. The van der Waals surface area contributed by atoms with Crippen LogP contribution in [0.25, 0.3) is 10.4 Å². The van der Waals surface area contributed by atoms with Crippen molar-refractivity contribution in [3.05, 3.63) is 34.3 Å². The summed E-state index contributed by atoms with van der Waals surface area (Å²) in [6, 6.07) is 8.13. The molecule has 0 atom stereocenters. The van der Waals surface area contributed by atoms with Gasteiger partial charge in [-0.3, -0.25) is 0 Å². The van der Waals surface area contributed by atoms with Crippen LogP contribution in [0, 0.1) is 10.2 Å². The first kappa shape index (κ1) is 15.3. The summed E-state index contributed by atoms with van der Waals surface area (Å²) in [5.41, 5.74) is 1.26. The maximum atomic E-state index is 8.49. The summed E-state index contributed by atoms with van der Waals surface area (Å²) in [5.74, 6) is 0.906. The Bertz CT molecular complexity index is 446. The summed E-state index contributed by atoms with van der Waals surface area (Å²) in [5, 5.41) is 2.16. The minimum Gasteiger partial charge on any atom is -0.497 e. The highest BCUT2D eigenvalue weighted by Crippen LogP contribution is 2.28. The molecule has 98 valence electrons. The Labute approximate surface area is 114 Å². The number of methoxy groups -OCH3 is 1. The fourth-order valence-electron chi connectivity index (χ4n) is 1.09. The van der Waals surface area contributed by atoms with Gasteiger partial charge in [0, 0.05) is 5.56 Å². The third-order valence-corrected chi connectivity index (χ3v) is 3.74. The second-order valence-electron chi connectivity index (χ2n) is 2.94. The molecule has 2 rings (SSSR count). The number of rotatable bonds is 2. The van der Waals surface area contributed by atoms with Crippen LogP contribution in [0.3, 0.4) is 0 Å². The molecule has 18 heavy (non-hydrogen) atoms. The fourth-order valence-corrected chi connectivity index (χ4v) is 2.87. The van der Waals surface area contributed by atoms with Gasteiger partial charge in [0.2, 0.25) is 4.69 Å². The van der Waals surface area contributed by atoms with Crippen LogP contribution < -0.4 is 23.4 Å². The fraction of sp³-hybridized carbons (Fsp3) is 0.100. The zero-order chi connectivity index (χ0) is 13.6. The Morgan fingerprint density at radius 1 is 1.11 bits per heavy atom. The lowest BCUT2D eigenvalue weighted by atomic mass is 10.2. The molecule has 1 aromatic heterocycles. The third kappa shape index (κ3) is 6.22. The SMILES string of the molecule is COc1ccc(-c2c[s+]cs2)cc1.[O-][Cl+3]([O-])([O-])[O-]. The Morgan fingerprint density at radius 2 is 1.67 bits per heavy atom. The molecule has 0 aliphatic carbocycles. The summed E-state index contributed by atoms with van der Waals surface area (Å²) in [6.45, 7) is 0. The topological polar surface area (TPSA) is 101 Å². The van der Waals surface area contributed by atoms with Crippen molar-refractivity contribution in [1.29, 1.82) is 0 Å². The van der Waals surface area contributed by atoms with E-state index in [1.165, 1.54) is 10.4 Å². The lowest BCUT2D eigenvalue weighted by Gasteiger charge is -2.17. The monoisotopic (exact) mass is 308 g/mol. The summed E-state index contributed by atoms with van der Waals surface area (Å²) >= 11 is 3.50. The maximum absolute atomic E-state index is 8.49. The van der Waals surface area contributed by atoms with Gasteiger partial charge in [-0.05, 0) is 24.3 Å². The molecule has 0 bridgehead atoms. The summed E-state index contributed by atoms with van der Waals surface area (Å²) in [7, 11) is -3.26. The number of hydrogen-bond acceptors (Lipinski definition) is 6. The smallest absolute Gasteiger partial charge is 0.243 e. The van der Waals surface area contributed by atoms with Gasteiger partial charge >= 0.3 is 0 Å². The zero-order valence-electron chi connectivity index (χ0n) is 9.20. The molecule has 1 heterocycles. The van der Waals surface area contributed by atoms with Crippen LogP contribution in [-0.2, 0) is 0 Å². The van der Waals surface area contributed by atoms with E-state index in [4.69, 9.17) is 23.4 Å². The molecular weight excluding hydrogens is 300 g/mol. The molecule has 0 unspecified atom stereocenters. The van der Waals surface area contributed by atoms with Crippen molar-refractivity contribution in [3.8, 4) is 16.2 Å². The van der Waals surface area contributed by atoms with Crippen LogP contribution in [0.15, 0.2) is 34.3 Å². The second-order valence-corrected chi connectivity index (χ2v) is 5.65. The van der Waals surface area contributed by atoms with Crippen LogP contribution >= 0.6 is 22.7 Å². The molecule has 0 aliphatic heterocycles. The predicted octanol–water partition coefficient (Wildman–Crippen LogP) is -0.990. The molecule has 0 saturated carbocycles. The molecule has 0 fully saturated rings. The van der Waals surface area contributed by atoms with Gasteiger partial charge in [0.05, 0.1) is 29.8 Å². The number of benzene rings is 1. The van der Waals surface area contributed by atoms with Gasteiger partial charge in [0.15, 0.2) is 4.88 Å². The number of halogens is 1. The van der Waals surface area contributed by atoms with Crippen LogP contribution in [0.2, 0.25) is 0 Å². The highest BCUT2D eigenvalue weighted by atomic mass is 35.7. The van der Waals surface area contributed by atoms with Crippen LogP contribution in [-0.4, -0.2) is 7.11 Å². The molecule has 0 amide bonds. The zero-order valence-corrected chi connectivity index (χ0v) is 11.6. The molecule has 0 spiro atoms. The van der Waals surface area contributed by atoms with E-state index in [2.05, 4.69) is 22.2 Å². The first-order valence-corrected chi connectivity index (χ1v) is 7.56. The van der Waals surface area contributed by atoms with Gasteiger partial charge in [-0.1, -0.05) is 0 Å². The molecule has 8 heteroatoms. The molecule has 5 nitrogen and oxygen atoms in total. The highest BCUT2D eigenvalue weighted by Gasteiger charge is 2.06. The van der Waals surface area contributed by atoms with E-state index < -0.39 is 10.2 Å². The van der Waals surface area contributed by atoms with Gasteiger partial charge in [-0.2, -0.15) is 0 Å². The molecule has 0 N–H and O–H groups in total. The Balaban J connectivity index is 0.000000280. The van der Waals surface area contributed by atoms with E-state index in [1.54, 1.807) is 29.8 Å². The quantitative estimate of drug-likeness (QED) is 0.663. The van der Waals surface area contributed by atoms with E-state index >= 15 is 0 Å². The maximum Gasteiger partial charge on any atom is 0.243 e. The predicted molar refractivity (Wildman–Crippen MR) is 58.6 cm³/mol. The Morgan fingerprint density at radius 3 is 2.06 bits per heavy atom. The van der Waals surface area contributed by atoms with Gasteiger partial charge in [-0.15, -0.1) is 10.2 Å². The number of ether oxygens (including phenoxy) is 1. The molecular formula is C10H9ClO5S2. The van der Waals surface area contributed by atoms with Gasteiger partial charge in [0.25, 0.3) is 0 Å². The first-order chi connectivity index (χ1) is 8.40. The van der Waals surface area contributed by atoms with E-state index in [-0.39, 0.29) is 0 Å². The van der Waals surface area contributed by atoms with E-state index in [0.29, 0.717) is 0 Å². The molecule has 0 saturated heterocycles. The largest absolute Gasteiger partial charge is 0.497 e. The van der Waals surface area contributed by atoms with Crippen molar-refractivity contribution in [2.24, 2.45) is 0 Å². The molecule has 0 radical (unpaired) electrons. The minimum atomic E-state index is -4.94. The average Bonchev–Trinajstić information content (AvgIpc) is 2.80. The van der Waals surface area contributed by atoms with E-state index in [1.807, 2.05) is 12.1 Å². The van der Waals surface area contributed by atoms with Crippen molar-refractivity contribution in [2.45, 2.75) is 0 Å². The van der Waals surface area contributed by atoms with Gasteiger partial charge < -0.3 is 4.74 Å². The molecule has 2 aromatic rings. The Hall–Kier alpha value is -0.800. The van der Waals surface area contributed by atoms with Crippen LogP contribution in [0.4, 0.5) is 0 Å². The highest BCUT2D eigenvalue weighted by molar-refractivity contribution is 7.29. The van der Waals surface area contributed by atoms with Gasteiger partial charge in [-0.25, -0.2) is 18.6 Å². The standard InChI is InChI=1S/C10H9OS2.ClHO4/c1-11-9-4-2-8(3-5-9)10-6-12-7-13-10;2-1(3,4)5/h2-7H,1H3;(H,2,3,4,5)/q+1;/p-1. The van der Waals surface area contributed by atoms with E-state index in [0.717, 1.165) is 5.75 Å². The van der Waals surface area contributed by atoms with Crippen LogP contribution in [0.1, 0.15) is 0 Å². The van der Waals surface area contributed by atoms with Crippen LogP contribution in [0.5, 0.6) is 5.75 Å². The number of hydrogen-bond donors (Lipinski definition) is 0. The average molecular weight is 309 g/mol. The Kier molecular flexibility index (Phi) is 5.89. The molecule has 1 aromatic carbocycles. The first-order valence-electron chi connectivity index (χ1n) is 4.50. The van der Waals surface area contributed by atoms with Crippen molar-refractivity contribution in [1.82, 2.24) is 0 Å². The summed E-state index contributed by atoms with van der Waals surface area (Å²) in [4.78, 5) is 1.31. The normalized spacial score (nSPS) is 10.5. The van der Waals surface area contributed by atoms with Crippen molar-refractivity contribution in [2.75, 3.05) is 7.11 Å².